The van der Waals surface area contributed by atoms with Crippen LogP contribution in [0.1, 0.15) is 11.1 Å². The number of carbonyl (C=O) groups is 4. The Balaban J connectivity index is 2.01. The van der Waals surface area contributed by atoms with Crippen LogP contribution < -0.4 is 15.0 Å². The first-order valence-corrected chi connectivity index (χ1v) is 9.18. The molecule has 0 spiro atoms. The molecule has 2 aromatic rings. The summed E-state index contributed by atoms with van der Waals surface area (Å²) in [5.74, 6) is -2.66. The van der Waals surface area contributed by atoms with Crippen molar-refractivity contribution in [1.29, 1.82) is 0 Å². The van der Waals surface area contributed by atoms with Gasteiger partial charge in [0.15, 0.2) is 6.61 Å². The Hall–Kier alpha value is -3.46. The maximum Gasteiger partial charge on any atom is 0.341 e. The number of carboxylic acid groups (broad SMARTS) is 1. The zero-order valence-corrected chi connectivity index (χ0v) is 16.7. The van der Waals surface area contributed by atoms with Gasteiger partial charge in [-0.05, 0) is 43.3 Å². The number of hydrogen-bond acceptors (Lipinski definition) is 5. The van der Waals surface area contributed by atoms with Gasteiger partial charge >= 0.3 is 12.0 Å². The quantitative estimate of drug-likeness (QED) is 0.525. The summed E-state index contributed by atoms with van der Waals surface area (Å²) < 4.78 is 5.85. The van der Waals surface area contributed by atoms with Gasteiger partial charge < -0.3 is 9.84 Å². The predicted molar refractivity (Wildman–Crippen MR) is 107 cm³/mol. The number of nitrogens with one attached hydrogen (secondary N) is 1. The molecule has 1 heterocycles. The maximum absolute atomic E-state index is 12.9. The van der Waals surface area contributed by atoms with E-state index in [9.17, 15) is 19.2 Å². The molecule has 0 aliphatic carbocycles. The summed E-state index contributed by atoms with van der Waals surface area (Å²) in [6.45, 7) is 1.27. The fourth-order valence-electron chi connectivity index (χ4n) is 2.64. The van der Waals surface area contributed by atoms with E-state index >= 15 is 0 Å². The van der Waals surface area contributed by atoms with Crippen LogP contribution in [0.5, 0.6) is 5.75 Å². The number of ether oxygens (including phenoxy) is 1. The topological polar surface area (TPSA) is 113 Å². The highest BCUT2D eigenvalue weighted by molar-refractivity contribution is 9.10. The number of aliphatic carboxylic acids is 1. The highest BCUT2D eigenvalue weighted by Gasteiger charge is 2.36. The standard InChI is InChI=1S/C20H15BrN2O6/c1-11-2-5-14(6-3-11)23-19(27)15(18(26)22-20(23)28)9-12-8-13(21)4-7-16(12)29-10-17(24)25/h2-9H,10H2,1H3,(H,24,25)(H,22,26,28). The molecule has 0 unspecified atom stereocenters. The summed E-state index contributed by atoms with van der Waals surface area (Å²) in [5.41, 5.74) is 1.27. The number of barbiturate groups is 1. The summed E-state index contributed by atoms with van der Waals surface area (Å²) >= 11 is 3.29. The number of anilines is 1. The van der Waals surface area contributed by atoms with Crippen LogP contribution in [0, 0.1) is 6.92 Å². The van der Waals surface area contributed by atoms with Gasteiger partial charge in [-0.1, -0.05) is 33.6 Å². The van der Waals surface area contributed by atoms with Gasteiger partial charge in [0, 0.05) is 10.0 Å². The summed E-state index contributed by atoms with van der Waals surface area (Å²) in [7, 11) is 0. The van der Waals surface area contributed by atoms with Crippen LogP contribution in [-0.2, 0) is 14.4 Å². The Labute approximate surface area is 173 Å². The van der Waals surface area contributed by atoms with Gasteiger partial charge in [-0.25, -0.2) is 14.5 Å². The average molecular weight is 459 g/mol. The molecule has 2 N–H and O–H groups in total. The highest BCUT2D eigenvalue weighted by Crippen LogP contribution is 2.28. The van der Waals surface area contributed by atoms with Crippen LogP contribution in [0.15, 0.2) is 52.5 Å². The molecule has 3 rings (SSSR count). The van der Waals surface area contributed by atoms with Crippen molar-refractivity contribution in [3.05, 3.63) is 63.6 Å². The second kappa shape index (κ2) is 8.27. The molecule has 29 heavy (non-hydrogen) atoms. The number of hydrogen-bond donors (Lipinski definition) is 2. The molecule has 1 aliphatic heterocycles. The molecular weight excluding hydrogens is 444 g/mol. The molecule has 0 saturated carbocycles. The molecule has 0 atom stereocenters. The lowest BCUT2D eigenvalue weighted by molar-refractivity contribution is -0.139. The van der Waals surface area contributed by atoms with Crippen molar-refractivity contribution in [3.8, 4) is 5.75 Å². The number of urea groups is 1. The SMILES string of the molecule is Cc1ccc(N2C(=O)NC(=O)C(=Cc3cc(Br)ccc3OCC(=O)O)C2=O)cc1. The van der Waals surface area contributed by atoms with Gasteiger partial charge in [0.25, 0.3) is 11.8 Å². The van der Waals surface area contributed by atoms with Crippen molar-refractivity contribution in [1.82, 2.24) is 5.32 Å². The third-order valence-electron chi connectivity index (χ3n) is 4.02. The lowest BCUT2D eigenvalue weighted by atomic mass is 10.1. The van der Waals surface area contributed by atoms with Crippen molar-refractivity contribution >= 4 is 51.5 Å². The molecule has 1 saturated heterocycles. The van der Waals surface area contributed by atoms with Gasteiger partial charge in [-0.2, -0.15) is 0 Å². The minimum atomic E-state index is -1.17. The fourth-order valence-corrected chi connectivity index (χ4v) is 3.02. The monoisotopic (exact) mass is 458 g/mol. The van der Waals surface area contributed by atoms with E-state index in [4.69, 9.17) is 9.84 Å². The van der Waals surface area contributed by atoms with E-state index in [0.717, 1.165) is 10.5 Å². The molecular formula is C20H15BrN2O6. The second-order valence-corrected chi connectivity index (χ2v) is 7.07. The molecule has 1 aliphatic rings. The predicted octanol–water partition coefficient (Wildman–Crippen LogP) is 2.89. The third kappa shape index (κ3) is 4.52. The Morgan fingerprint density at radius 1 is 1.17 bits per heavy atom. The number of imide groups is 2. The minimum Gasteiger partial charge on any atom is -0.481 e. The Morgan fingerprint density at radius 2 is 1.86 bits per heavy atom. The van der Waals surface area contributed by atoms with Crippen LogP contribution in [0.2, 0.25) is 0 Å². The number of benzene rings is 2. The number of amides is 4. The van der Waals surface area contributed by atoms with Crippen LogP contribution in [0.25, 0.3) is 6.08 Å². The van der Waals surface area contributed by atoms with Crippen molar-refractivity contribution in [2.45, 2.75) is 6.92 Å². The normalized spacial score (nSPS) is 15.4. The molecule has 1 fully saturated rings. The van der Waals surface area contributed by atoms with Crippen molar-refractivity contribution in [2.75, 3.05) is 11.5 Å². The van der Waals surface area contributed by atoms with Crippen LogP contribution >= 0.6 is 15.9 Å². The Morgan fingerprint density at radius 3 is 2.52 bits per heavy atom. The first-order valence-electron chi connectivity index (χ1n) is 8.38. The van der Waals surface area contributed by atoms with E-state index in [1.165, 1.54) is 12.1 Å². The van der Waals surface area contributed by atoms with Gasteiger partial charge in [-0.15, -0.1) is 0 Å². The van der Waals surface area contributed by atoms with Crippen LogP contribution in [0.3, 0.4) is 0 Å². The van der Waals surface area contributed by atoms with Gasteiger partial charge in [0.1, 0.15) is 11.3 Å². The summed E-state index contributed by atoms with van der Waals surface area (Å²) in [6, 6.07) is 10.5. The largest absolute Gasteiger partial charge is 0.481 e. The van der Waals surface area contributed by atoms with E-state index in [-0.39, 0.29) is 11.3 Å². The zero-order chi connectivity index (χ0) is 21.1. The van der Waals surface area contributed by atoms with Gasteiger partial charge in [0.05, 0.1) is 5.69 Å². The van der Waals surface area contributed by atoms with E-state index in [2.05, 4.69) is 21.2 Å². The lowest BCUT2D eigenvalue weighted by Crippen LogP contribution is -2.54. The van der Waals surface area contributed by atoms with Crippen molar-refractivity contribution < 1.29 is 29.0 Å². The van der Waals surface area contributed by atoms with Crippen LogP contribution in [-0.4, -0.2) is 35.5 Å². The van der Waals surface area contributed by atoms with Gasteiger partial charge in [0.2, 0.25) is 0 Å². The number of nitrogens with zero attached hydrogens (tertiary/aromatic N) is 1. The molecule has 0 radical (unpaired) electrons. The Kier molecular flexibility index (Phi) is 5.79. The first kappa shape index (κ1) is 20.3. The fraction of sp³-hybridized carbons (Fsp3) is 0.100. The van der Waals surface area contributed by atoms with Crippen molar-refractivity contribution in [3.63, 3.8) is 0 Å². The summed E-state index contributed by atoms with van der Waals surface area (Å²) in [5, 5.41) is 11.0. The molecule has 4 amide bonds. The minimum absolute atomic E-state index is 0.169. The maximum atomic E-state index is 12.9. The summed E-state index contributed by atoms with van der Waals surface area (Å²) in [6.07, 6.45) is 1.26. The third-order valence-corrected chi connectivity index (χ3v) is 4.51. The van der Waals surface area contributed by atoms with E-state index in [1.807, 2.05) is 6.92 Å². The van der Waals surface area contributed by atoms with E-state index in [0.29, 0.717) is 15.7 Å². The summed E-state index contributed by atoms with van der Waals surface area (Å²) in [4.78, 5) is 49.1. The zero-order valence-electron chi connectivity index (χ0n) is 15.1. The number of aryl methyl sites for hydroxylation is 1. The first-order chi connectivity index (χ1) is 13.8. The lowest BCUT2D eigenvalue weighted by Gasteiger charge is -2.26. The number of halogens is 1. The molecule has 0 bridgehead atoms. The smallest absolute Gasteiger partial charge is 0.341 e. The average Bonchev–Trinajstić information content (AvgIpc) is 2.65. The molecule has 0 aromatic heterocycles. The Bertz CT molecular complexity index is 1050. The second-order valence-electron chi connectivity index (χ2n) is 6.16. The van der Waals surface area contributed by atoms with Crippen LogP contribution in [0.4, 0.5) is 10.5 Å². The molecule has 9 heteroatoms. The highest BCUT2D eigenvalue weighted by atomic mass is 79.9. The number of rotatable bonds is 5. The molecule has 148 valence electrons. The van der Waals surface area contributed by atoms with Crippen molar-refractivity contribution in [2.24, 2.45) is 0 Å². The molecule has 8 nitrogen and oxygen atoms in total. The number of carbonyl (C=O) groups excluding carboxylic acids is 3. The van der Waals surface area contributed by atoms with E-state index < -0.39 is 30.4 Å². The molecule has 2 aromatic carbocycles. The number of carboxylic acids is 1. The van der Waals surface area contributed by atoms with E-state index in [1.54, 1.807) is 36.4 Å². The van der Waals surface area contributed by atoms with Gasteiger partial charge in [-0.3, -0.25) is 14.9 Å².